The standard InChI is InChI=1S/C23H16ClN7O2/c24-19-12-18(29-33-19)22-27-26-20-11-17(16-7-4-8-16)23(28-31(20)22)32-14-21-25-9-10-30(21)13-15-5-2-1-3-6-15/h1-12H,13-14H2. The van der Waals surface area contributed by atoms with Gasteiger partial charge in [0.2, 0.25) is 16.9 Å². The summed E-state index contributed by atoms with van der Waals surface area (Å²) in [6.07, 6.45) is 9.65. The molecule has 0 saturated carbocycles. The van der Waals surface area contributed by atoms with Crippen LogP contribution in [0.5, 0.6) is 5.88 Å². The van der Waals surface area contributed by atoms with Crippen LogP contribution < -0.4 is 4.74 Å². The van der Waals surface area contributed by atoms with Crippen molar-refractivity contribution in [3.63, 3.8) is 0 Å². The van der Waals surface area contributed by atoms with Gasteiger partial charge in [0.15, 0.2) is 11.3 Å². The van der Waals surface area contributed by atoms with E-state index in [9.17, 15) is 0 Å². The minimum absolute atomic E-state index is 0.157. The molecule has 6 rings (SSSR count). The fraction of sp³-hybridized carbons (Fsp3) is 0.0870. The number of ether oxygens (including phenoxy) is 1. The summed E-state index contributed by atoms with van der Waals surface area (Å²) in [7, 11) is 0. The number of hydrogen-bond donors (Lipinski definition) is 0. The summed E-state index contributed by atoms with van der Waals surface area (Å²) < 4.78 is 14.8. The highest BCUT2D eigenvalue weighted by molar-refractivity contribution is 6.29. The molecular weight excluding hydrogens is 442 g/mol. The monoisotopic (exact) mass is 457 g/mol. The van der Waals surface area contributed by atoms with E-state index in [1.807, 2.05) is 48.7 Å². The van der Waals surface area contributed by atoms with E-state index in [4.69, 9.17) is 20.9 Å². The molecule has 0 N–H and O–H groups in total. The van der Waals surface area contributed by atoms with Gasteiger partial charge in [-0.05, 0) is 28.8 Å². The Balaban J connectivity index is 1.33. The molecule has 0 amide bonds. The van der Waals surface area contributed by atoms with Crippen LogP contribution in [0.3, 0.4) is 0 Å². The predicted molar refractivity (Wildman–Crippen MR) is 121 cm³/mol. The van der Waals surface area contributed by atoms with Crippen molar-refractivity contribution in [1.82, 2.24) is 34.5 Å². The number of hydrogen-bond acceptors (Lipinski definition) is 7. The highest BCUT2D eigenvalue weighted by Gasteiger charge is 2.20. The summed E-state index contributed by atoms with van der Waals surface area (Å²) in [6.45, 7) is 0.949. The van der Waals surface area contributed by atoms with Crippen LogP contribution in [-0.2, 0) is 13.2 Å². The van der Waals surface area contributed by atoms with Gasteiger partial charge in [-0.15, -0.1) is 15.3 Å². The molecule has 0 saturated heterocycles. The summed E-state index contributed by atoms with van der Waals surface area (Å²) in [5, 5.41) is 17.2. The molecule has 4 aromatic heterocycles. The number of rotatable bonds is 7. The molecule has 0 radical (unpaired) electrons. The van der Waals surface area contributed by atoms with E-state index >= 15 is 0 Å². The van der Waals surface area contributed by atoms with E-state index in [2.05, 4.69) is 42.1 Å². The summed E-state index contributed by atoms with van der Waals surface area (Å²) in [4.78, 5) is 4.47. The average Bonchev–Trinajstić information content (AvgIpc) is 3.51. The number of imidazole rings is 1. The van der Waals surface area contributed by atoms with Gasteiger partial charge >= 0.3 is 0 Å². The number of allylic oxidation sites excluding steroid dienone is 4. The smallest absolute Gasteiger partial charge is 0.240 e. The molecule has 1 aliphatic rings. The SMILES string of the molecule is Clc1cc(-c2nnc3cc(C4=CC=C4)c(OCc4nccn4Cc4ccccc4)nn23)no1. The maximum atomic E-state index is 6.17. The van der Waals surface area contributed by atoms with E-state index in [0.717, 1.165) is 17.0 Å². The van der Waals surface area contributed by atoms with Crippen molar-refractivity contribution in [2.45, 2.75) is 13.2 Å². The van der Waals surface area contributed by atoms with E-state index in [-0.39, 0.29) is 11.8 Å². The lowest BCUT2D eigenvalue weighted by atomic mass is 10.0. The van der Waals surface area contributed by atoms with Crippen molar-refractivity contribution in [2.75, 3.05) is 0 Å². The third kappa shape index (κ3) is 3.68. The molecule has 0 atom stereocenters. The fourth-order valence-electron chi connectivity index (χ4n) is 3.56. The van der Waals surface area contributed by atoms with Crippen LogP contribution in [-0.4, -0.2) is 34.5 Å². The summed E-state index contributed by atoms with van der Waals surface area (Å²) in [5.74, 6) is 1.63. The summed E-state index contributed by atoms with van der Waals surface area (Å²) in [5.41, 5.74) is 3.99. The minimum Gasteiger partial charge on any atom is -0.468 e. The van der Waals surface area contributed by atoms with Crippen molar-refractivity contribution in [2.24, 2.45) is 0 Å². The van der Waals surface area contributed by atoms with Crippen LogP contribution >= 0.6 is 11.6 Å². The van der Waals surface area contributed by atoms with Crippen molar-refractivity contribution < 1.29 is 9.26 Å². The molecule has 0 bridgehead atoms. The van der Waals surface area contributed by atoms with Crippen LogP contribution in [0.4, 0.5) is 0 Å². The lowest BCUT2D eigenvalue weighted by Gasteiger charge is -2.14. The van der Waals surface area contributed by atoms with E-state index in [1.165, 1.54) is 5.56 Å². The van der Waals surface area contributed by atoms with Crippen molar-refractivity contribution >= 4 is 22.8 Å². The zero-order chi connectivity index (χ0) is 22.2. The van der Waals surface area contributed by atoms with Crippen LogP contribution in [0.1, 0.15) is 17.0 Å². The lowest BCUT2D eigenvalue weighted by Crippen LogP contribution is -2.10. The first kappa shape index (κ1) is 19.4. The quantitative estimate of drug-likeness (QED) is 0.361. The van der Waals surface area contributed by atoms with Gasteiger partial charge in [0.1, 0.15) is 12.4 Å². The molecule has 5 aromatic rings. The van der Waals surface area contributed by atoms with Gasteiger partial charge in [0.25, 0.3) is 0 Å². The molecule has 0 aliphatic heterocycles. The Bertz CT molecular complexity index is 1510. The number of nitrogens with zero attached hydrogens (tertiary/aromatic N) is 7. The second kappa shape index (κ2) is 8.03. The minimum atomic E-state index is 0.157. The Kier molecular flexibility index (Phi) is 4.73. The van der Waals surface area contributed by atoms with Gasteiger partial charge in [-0.3, -0.25) is 0 Å². The van der Waals surface area contributed by atoms with Gasteiger partial charge < -0.3 is 13.8 Å². The van der Waals surface area contributed by atoms with E-state index in [1.54, 1.807) is 16.8 Å². The number of halogens is 1. The van der Waals surface area contributed by atoms with Crippen molar-refractivity contribution in [3.05, 3.63) is 95.3 Å². The maximum absolute atomic E-state index is 6.17. The molecule has 33 heavy (non-hydrogen) atoms. The predicted octanol–water partition coefficient (Wildman–Crippen LogP) is 4.21. The summed E-state index contributed by atoms with van der Waals surface area (Å²) >= 11 is 5.88. The first-order valence-electron chi connectivity index (χ1n) is 10.2. The fourth-order valence-corrected chi connectivity index (χ4v) is 3.69. The van der Waals surface area contributed by atoms with Crippen molar-refractivity contribution in [3.8, 4) is 17.4 Å². The Morgan fingerprint density at radius 3 is 2.73 bits per heavy atom. The average molecular weight is 458 g/mol. The Labute approximate surface area is 192 Å². The topological polar surface area (TPSA) is 96.2 Å². The normalized spacial score (nSPS) is 12.7. The number of aromatic nitrogens is 7. The Morgan fingerprint density at radius 2 is 1.97 bits per heavy atom. The Hall–Kier alpha value is -4.24. The highest BCUT2D eigenvalue weighted by atomic mass is 35.5. The van der Waals surface area contributed by atoms with Crippen molar-refractivity contribution in [1.29, 1.82) is 0 Å². The van der Waals surface area contributed by atoms with E-state index < -0.39 is 0 Å². The van der Waals surface area contributed by atoms with Gasteiger partial charge in [-0.25, -0.2) is 4.98 Å². The number of benzene rings is 1. The molecule has 1 aliphatic carbocycles. The highest BCUT2D eigenvalue weighted by Crippen LogP contribution is 2.31. The molecule has 162 valence electrons. The third-order valence-electron chi connectivity index (χ3n) is 5.27. The van der Waals surface area contributed by atoms with Gasteiger partial charge in [0, 0.05) is 30.6 Å². The largest absolute Gasteiger partial charge is 0.468 e. The number of fused-ring (bicyclic) bond motifs is 1. The van der Waals surface area contributed by atoms with E-state index in [0.29, 0.717) is 29.6 Å². The maximum Gasteiger partial charge on any atom is 0.240 e. The first-order chi connectivity index (χ1) is 16.2. The second-order valence-electron chi connectivity index (χ2n) is 7.40. The third-order valence-corrected chi connectivity index (χ3v) is 5.45. The molecule has 9 nitrogen and oxygen atoms in total. The van der Waals surface area contributed by atoms with Gasteiger partial charge in [-0.2, -0.15) is 4.52 Å². The molecular formula is C23H16ClN7O2. The molecule has 0 fully saturated rings. The molecule has 4 heterocycles. The Morgan fingerprint density at radius 1 is 1.09 bits per heavy atom. The summed E-state index contributed by atoms with van der Waals surface area (Å²) in [6, 6.07) is 13.6. The van der Waals surface area contributed by atoms with Crippen LogP contribution in [0.2, 0.25) is 5.22 Å². The first-order valence-corrected chi connectivity index (χ1v) is 10.6. The van der Waals surface area contributed by atoms with Crippen LogP contribution in [0, 0.1) is 0 Å². The lowest BCUT2D eigenvalue weighted by molar-refractivity contribution is 0.274. The van der Waals surface area contributed by atoms with Crippen LogP contribution in [0.15, 0.2) is 77.6 Å². The zero-order valence-electron chi connectivity index (χ0n) is 17.2. The second-order valence-corrected chi connectivity index (χ2v) is 7.77. The van der Waals surface area contributed by atoms with Gasteiger partial charge in [-0.1, -0.05) is 53.7 Å². The molecule has 1 aromatic carbocycles. The zero-order valence-corrected chi connectivity index (χ0v) is 17.9. The van der Waals surface area contributed by atoms with Crippen LogP contribution in [0.25, 0.3) is 22.7 Å². The molecule has 0 unspecified atom stereocenters. The van der Waals surface area contributed by atoms with Gasteiger partial charge in [0.05, 0.1) is 0 Å². The molecule has 0 spiro atoms. The molecule has 10 heteroatoms.